The third-order valence-electron chi connectivity index (χ3n) is 3.75. The first-order valence-corrected chi connectivity index (χ1v) is 5.75. The highest BCUT2D eigenvalue weighted by atomic mass is 16.5. The van der Waals surface area contributed by atoms with Gasteiger partial charge >= 0.3 is 5.97 Å². The molecule has 5 heteroatoms. The Hall–Kier alpha value is -1.59. The van der Waals surface area contributed by atoms with Crippen molar-refractivity contribution in [3.05, 3.63) is 28.8 Å². The van der Waals surface area contributed by atoms with Crippen LogP contribution in [-0.4, -0.2) is 16.1 Å². The van der Waals surface area contributed by atoms with E-state index < -0.39 is 17.0 Å². The second kappa shape index (κ2) is 3.46. The van der Waals surface area contributed by atoms with Crippen molar-refractivity contribution in [3.63, 3.8) is 0 Å². The van der Waals surface area contributed by atoms with Crippen molar-refractivity contribution in [1.82, 2.24) is 5.06 Å². The molecule has 1 aliphatic rings. The smallest absolute Gasteiger partial charge is 0.337 e. The number of carboxylic acid groups (broad SMARTS) is 1. The third kappa shape index (κ3) is 1.44. The molecule has 0 amide bonds. The zero-order chi connectivity index (χ0) is 13.9. The molecular formula is C13H17N2O3. The van der Waals surface area contributed by atoms with Gasteiger partial charge in [-0.3, -0.25) is 0 Å². The lowest BCUT2D eigenvalue weighted by molar-refractivity contribution is -0.266. The molecule has 0 bridgehead atoms. The average Bonchev–Trinajstić information content (AvgIpc) is 2.37. The van der Waals surface area contributed by atoms with Gasteiger partial charge in [0.15, 0.2) is 0 Å². The summed E-state index contributed by atoms with van der Waals surface area (Å²) in [7, 11) is 0. The maximum Gasteiger partial charge on any atom is 0.337 e. The molecule has 1 aromatic carbocycles. The average molecular weight is 249 g/mol. The first kappa shape index (κ1) is 12.9. The molecule has 1 aliphatic heterocycles. The van der Waals surface area contributed by atoms with Crippen molar-refractivity contribution in [3.8, 4) is 0 Å². The van der Waals surface area contributed by atoms with Crippen LogP contribution in [0.5, 0.6) is 0 Å². The van der Waals surface area contributed by atoms with E-state index in [4.69, 9.17) is 10.8 Å². The van der Waals surface area contributed by atoms with E-state index in [1.807, 2.05) is 13.8 Å². The largest absolute Gasteiger partial charge is 0.478 e. The number of hydroxylamine groups is 2. The predicted molar refractivity (Wildman–Crippen MR) is 66.4 cm³/mol. The molecule has 97 valence electrons. The number of hydrogen-bond donors (Lipinski definition) is 2. The van der Waals surface area contributed by atoms with Gasteiger partial charge in [0.05, 0.1) is 16.6 Å². The molecule has 0 atom stereocenters. The summed E-state index contributed by atoms with van der Waals surface area (Å²) in [4.78, 5) is 11.1. The lowest BCUT2D eigenvalue weighted by Crippen LogP contribution is -2.41. The SMILES string of the molecule is CC1(C)c2cc(N)c(C(=O)O)cc2C(C)(C)N1[O]. The van der Waals surface area contributed by atoms with E-state index in [1.54, 1.807) is 19.9 Å². The number of nitrogen functional groups attached to an aromatic ring is 1. The summed E-state index contributed by atoms with van der Waals surface area (Å²) >= 11 is 0. The van der Waals surface area contributed by atoms with Crippen molar-refractivity contribution < 1.29 is 15.1 Å². The van der Waals surface area contributed by atoms with Gasteiger partial charge in [-0.2, -0.15) is 0 Å². The van der Waals surface area contributed by atoms with Crippen molar-refractivity contribution in [2.45, 2.75) is 38.8 Å². The van der Waals surface area contributed by atoms with E-state index >= 15 is 0 Å². The van der Waals surface area contributed by atoms with E-state index in [0.29, 0.717) is 0 Å². The molecule has 0 saturated carbocycles. The zero-order valence-corrected chi connectivity index (χ0v) is 10.9. The van der Waals surface area contributed by atoms with Crippen molar-refractivity contribution >= 4 is 11.7 Å². The van der Waals surface area contributed by atoms with Crippen LogP contribution in [0.25, 0.3) is 0 Å². The van der Waals surface area contributed by atoms with Gasteiger partial charge < -0.3 is 10.8 Å². The Morgan fingerprint density at radius 2 is 1.61 bits per heavy atom. The Morgan fingerprint density at radius 1 is 1.17 bits per heavy atom. The number of fused-ring (bicyclic) bond motifs is 1. The molecule has 0 aliphatic carbocycles. The summed E-state index contributed by atoms with van der Waals surface area (Å²) in [6.45, 7) is 7.20. The van der Waals surface area contributed by atoms with Gasteiger partial charge in [-0.25, -0.2) is 4.79 Å². The van der Waals surface area contributed by atoms with Crippen LogP contribution in [0.1, 0.15) is 49.2 Å². The van der Waals surface area contributed by atoms with Crippen LogP contribution in [0.4, 0.5) is 5.69 Å². The summed E-state index contributed by atoms with van der Waals surface area (Å²) in [5.41, 5.74) is 6.06. The summed E-state index contributed by atoms with van der Waals surface area (Å²) in [5, 5.41) is 22.4. The normalized spacial score (nSPS) is 20.7. The maximum atomic E-state index is 12.3. The molecule has 0 saturated heterocycles. The molecule has 5 nitrogen and oxygen atoms in total. The van der Waals surface area contributed by atoms with E-state index in [1.165, 1.54) is 6.07 Å². The van der Waals surface area contributed by atoms with Gasteiger partial charge in [0.2, 0.25) is 0 Å². The molecular weight excluding hydrogens is 232 g/mol. The summed E-state index contributed by atoms with van der Waals surface area (Å²) < 4.78 is 0. The van der Waals surface area contributed by atoms with Crippen LogP contribution in [0.3, 0.4) is 0 Å². The number of benzene rings is 1. The van der Waals surface area contributed by atoms with Crippen LogP contribution in [0.2, 0.25) is 0 Å². The number of carboxylic acids is 1. The highest BCUT2D eigenvalue weighted by Crippen LogP contribution is 2.49. The van der Waals surface area contributed by atoms with E-state index in [9.17, 15) is 10.0 Å². The second-order valence-corrected chi connectivity index (χ2v) is 5.70. The zero-order valence-electron chi connectivity index (χ0n) is 10.9. The first-order valence-electron chi connectivity index (χ1n) is 5.75. The third-order valence-corrected chi connectivity index (χ3v) is 3.75. The molecule has 1 heterocycles. The van der Waals surface area contributed by atoms with Crippen LogP contribution in [-0.2, 0) is 16.3 Å². The molecule has 1 aromatic rings. The Kier molecular flexibility index (Phi) is 2.47. The Morgan fingerprint density at radius 3 is 2.06 bits per heavy atom. The molecule has 2 rings (SSSR count). The van der Waals surface area contributed by atoms with Gasteiger partial charge in [-0.1, -0.05) is 0 Å². The summed E-state index contributed by atoms with van der Waals surface area (Å²) in [5.74, 6) is -1.08. The van der Waals surface area contributed by atoms with E-state index in [-0.39, 0.29) is 11.3 Å². The molecule has 0 aromatic heterocycles. The van der Waals surface area contributed by atoms with Gasteiger partial charge in [0, 0.05) is 5.69 Å². The highest BCUT2D eigenvalue weighted by Gasteiger charge is 2.50. The predicted octanol–water partition coefficient (Wildman–Crippen LogP) is 2.10. The fraction of sp³-hybridized carbons (Fsp3) is 0.462. The van der Waals surface area contributed by atoms with Crippen LogP contribution in [0, 0.1) is 0 Å². The minimum absolute atomic E-state index is 0.0490. The number of anilines is 1. The Bertz CT molecular complexity index is 535. The molecule has 1 radical (unpaired) electrons. The molecule has 0 spiro atoms. The Balaban J connectivity index is 2.76. The van der Waals surface area contributed by atoms with Crippen LogP contribution in [0.15, 0.2) is 12.1 Å². The quantitative estimate of drug-likeness (QED) is 0.746. The van der Waals surface area contributed by atoms with E-state index in [0.717, 1.165) is 16.2 Å². The number of hydrogen-bond acceptors (Lipinski definition) is 3. The lowest BCUT2D eigenvalue weighted by Gasteiger charge is -2.32. The number of carbonyl (C=O) groups is 1. The fourth-order valence-corrected chi connectivity index (χ4v) is 2.73. The van der Waals surface area contributed by atoms with Crippen LogP contribution >= 0.6 is 0 Å². The number of nitrogens with zero attached hydrogens (tertiary/aromatic N) is 1. The fourth-order valence-electron chi connectivity index (χ4n) is 2.73. The van der Waals surface area contributed by atoms with E-state index in [2.05, 4.69) is 0 Å². The maximum absolute atomic E-state index is 12.3. The number of rotatable bonds is 1. The van der Waals surface area contributed by atoms with Crippen LogP contribution < -0.4 is 5.73 Å². The molecule has 3 N–H and O–H groups in total. The standard InChI is InChI=1S/C13H17N2O3/c1-12(2)8-5-7(11(16)17)10(14)6-9(8)13(3,4)15(12)18/h5-6H,14H2,1-4H3,(H,16,17). The Labute approximate surface area is 106 Å². The topological polar surface area (TPSA) is 86.5 Å². The molecule has 0 fully saturated rings. The number of nitrogens with two attached hydrogens (primary N) is 1. The molecule has 0 unspecified atom stereocenters. The number of aromatic carboxylic acids is 1. The van der Waals surface area contributed by atoms with Gasteiger partial charge in [-0.05, 0) is 51.0 Å². The van der Waals surface area contributed by atoms with Gasteiger partial charge in [-0.15, -0.1) is 10.3 Å². The van der Waals surface area contributed by atoms with Gasteiger partial charge in [0.1, 0.15) is 0 Å². The lowest BCUT2D eigenvalue weighted by atomic mass is 9.88. The first-order chi connectivity index (χ1) is 8.10. The summed E-state index contributed by atoms with van der Waals surface area (Å²) in [6, 6.07) is 3.13. The van der Waals surface area contributed by atoms with Crippen molar-refractivity contribution in [2.75, 3.05) is 5.73 Å². The van der Waals surface area contributed by atoms with Crippen molar-refractivity contribution in [2.24, 2.45) is 0 Å². The minimum Gasteiger partial charge on any atom is -0.478 e. The highest BCUT2D eigenvalue weighted by molar-refractivity contribution is 5.94. The van der Waals surface area contributed by atoms with Gasteiger partial charge in [0.25, 0.3) is 0 Å². The minimum atomic E-state index is -1.08. The molecule has 18 heavy (non-hydrogen) atoms. The van der Waals surface area contributed by atoms with Crippen molar-refractivity contribution in [1.29, 1.82) is 0 Å². The monoisotopic (exact) mass is 249 g/mol. The second-order valence-electron chi connectivity index (χ2n) is 5.70. The summed E-state index contributed by atoms with van der Waals surface area (Å²) in [6.07, 6.45) is 0.